The van der Waals surface area contributed by atoms with Gasteiger partial charge in [-0.3, -0.25) is 0 Å². The molecule has 1 aromatic carbocycles. The van der Waals surface area contributed by atoms with Gasteiger partial charge in [0, 0.05) is 13.0 Å². The number of benzene rings is 1. The molecule has 0 aromatic heterocycles. The summed E-state index contributed by atoms with van der Waals surface area (Å²) >= 11 is 6.05. The lowest BCUT2D eigenvalue weighted by Crippen LogP contribution is -2.40. The fourth-order valence-electron chi connectivity index (χ4n) is 1.96. The lowest BCUT2D eigenvalue weighted by Gasteiger charge is -2.23. The van der Waals surface area contributed by atoms with Crippen molar-refractivity contribution in [3.8, 4) is 5.75 Å². The standard InChI is InChI=1S/C11H14ClNO/c1-11(7-13-2)6-8-4-3-5-9(12)10(8)14-11/h3-5,13H,6-7H2,1-2H3. The molecule has 0 spiro atoms. The highest BCUT2D eigenvalue weighted by Crippen LogP contribution is 2.39. The van der Waals surface area contributed by atoms with Gasteiger partial charge in [-0.05, 0) is 25.6 Å². The van der Waals surface area contributed by atoms with E-state index in [1.54, 1.807) is 0 Å². The van der Waals surface area contributed by atoms with Crippen LogP contribution < -0.4 is 10.1 Å². The van der Waals surface area contributed by atoms with Crippen LogP contribution in [0.5, 0.6) is 5.75 Å². The molecule has 0 saturated heterocycles. The maximum Gasteiger partial charge on any atom is 0.142 e. The van der Waals surface area contributed by atoms with E-state index >= 15 is 0 Å². The Morgan fingerprint density at radius 1 is 1.57 bits per heavy atom. The Labute approximate surface area is 89.2 Å². The van der Waals surface area contributed by atoms with Crippen molar-refractivity contribution >= 4 is 11.6 Å². The first kappa shape index (κ1) is 9.81. The quantitative estimate of drug-likeness (QED) is 0.811. The van der Waals surface area contributed by atoms with E-state index in [9.17, 15) is 0 Å². The topological polar surface area (TPSA) is 21.3 Å². The fourth-order valence-corrected chi connectivity index (χ4v) is 2.20. The fraction of sp³-hybridized carbons (Fsp3) is 0.455. The predicted octanol–water partition coefficient (Wildman–Crippen LogP) is 2.25. The van der Waals surface area contributed by atoms with Crippen LogP contribution in [0.3, 0.4) is 0 Å². The van der Waals surface area contributed by atoms with Crippen LogP contribution in [0, 0.1) is 0 Å². The van der Waals surface area contributed by atoms with E-state index < -0.39 is 0 Å². The average molecular weight is 212 g/mol. The Hall–Kier alpha value is -0.730. The molecule has 3 heteroatoms. The van der Waals surface area contributed by atoms with Gasteiger partial charge in [0.15, 0.2) is 0 Å². The van der Waals surface area contributed by atoms with Crippen LogP contribution in [0.4, 0.5) is 0 Å². The summed E-state index contributed by atoms with van der Waals surface area (Å²) in [5, 5.41) is 3.85. The van der Waals surface area contributed by atoms with Gasteiger partial charge in [-0.25, -0.2) is 0 Å². The van der Waals surface area contributed by atoms with E-state index in [4.69, 9.17) is 16.3 Å². The molecule has 1 aliphatic rings. The lowest BCUT2D eigenvalue weighted by molar-refractivity contribution is 0.117. The number of rotatable bonds is 2. The van der Waals surface area contributed by atoms with E-state index in [1.165, 1.54) is 5.56 Å². The minimum atomic E-state index is -0.151. The number of nitrogens with one attached hydrogen (secondary N) is 1. The van der Waals surface area contributed by atoms with Gasteiger partial charge in [-0.15, -0.1) is 0 Å². The van der Waals surface area contributed by atoms with E-state index in [0.29, 0.717) is 5.02 Å². The van der Waals surface area contributed by atoms with Crippen LogP contribution >= 0.6 is 11.6 Å². The summed E-state index contributed by atoms with van der Waals surface area (Å²) in [7, 11) is 1.93. The number of hydrogen-bond acceptors (Lipinski definition) is 2. The second kappa shape index (κ2) is 3.44. The van der Waals surface area contributed by atoms with Crippen molar-refractivity contribution < 1.29 is 4.74 Å². The Balaban J connectivity index is 2.29. The molecule has 1 aliphatic heterocycles. The summed E-state index contributed by atoms with van der Waals surface area (Å²) < 4.78 is 5.87. The van der Waals surface area contributed by atoms with Crippen LogP contribution in [0.25, 0.3) is 0 Å². The number of fused-ring (bicyclic) bond motifs is 1. The van der Waals surface area contributed by atoms with E-state index in [1.807, 2.05) is 19.2 Å². The maximum absolute atomic E-state index is 6.05. The molecule has 0 bridgehead atoms. The monoisotopic (exact) mass is 211 g/mol. The van der Waals surface area contributed by atoms with Crippen molar-refractivity contribution in [1.82, 2.24) is 5.32 Å². The van der Waals surface area contributed by atoms with Crippen LogP contribution in [-0.4, -0.2) is 19.2 Å². The first-order valence-corrected chi connectivity index (χ1v) is 5.13. The SMILES string of the molecule is CNCC1(C)Cc2cccc(Cl)c2O1. The zero-order valence-electron chi connectivity index (χ0n) is 8.43. The van der Waals surface area contributed by atoms with E-state index in [2.05, 4.69) is 18.3 Å². The molecule has 2 rings (SSSR count). The van der Waals surface area contributed by atoms with Gasteiger partial charge in [0.1, 0.15) is 11.4 Å². The highest BCUT2D eigenvalue weighted by molar-refractivity contribution is 6.32. The van der Waals surface area contributed by atoms with Gasteiger partial charge in [-0.2, -0.15) is 0 Å². The number of para-hydroxylation sites is 1. The summed E-state index contributed by atoms with van der Waals surface area (Å²) in [4.78, 5) is 0. The molecular formula is C11H14ClNO. The molecule has 2 nitrogen and oxygen atoms in total. The largest absolute Gasteiger partial charge is 0.484 e. The molecule has 1 heterocycles. The average Bonchev–Trinajstić information content (AvgIpc) is 2.44. The smallest absolute Gasteiger partial charge is 0.142 e. The molecule has 0 aliphatic carbocycles. The Morgan fingerprint density at radius 3 is 3.00 bits per heavy atom. The molecule has 1 unspecified atom stereocenters. The van der Waals surface area contributed by atoms with Gasteiger partial charge >= 0.3 is 0 Å². The number of likely N-dealkylation sites (N-methyl/N-ethyl adjacent to an activating group) is 1. The van der Waals surface area contributed by atoms with E-state index in [-0.39, 0.29) is 5.60 Å². The Bertz CT molecular complexity index is 353. The summed E-state index contributed by atoms with van der Waals surface area (Å²) in [5.41, 5.74) is 1.05. The highest BCUT2D eigenvalue weighted by atomic mass is 35.5. The maximum atomic E-state index is 6.05. The van der Waals surface area contributed by atoms with Gasteiger partial charge < -0.3 is 10.1 Å². The molecule has 1 N–H and O–H groups in total. The van der Waals surface area contributed by atoms with Crippen molar-refractivity contribution in [3.63, 3.8) is 0 Å². The third-order valence-electron chi connectivity index (χ3n) is 2.51. The Kier molecular flexibility index (Phi) is 2.41. The van der Waals surface area contributed by atoms with Crippen molar-refractivity contribution in [1.29, 1.82) is 0 Å². The second-order valence-corrected chi connectivity index (χ2v) is 4.39. The molecule has 76 valence electrons. The number of ether oxygens (including phenoxy) is 1. The minimum Gasteiger partial charge on any atom is -0.484 e. The first-order chi connectivity index (χ1) is 6.64. The number of halogens is 1. The van der Waals surface area contributed by atoms with Gasteiger partial charge in [0.05, 0.1) is 5.02 Å². The zero-order valence-corrected chi connectivity index (χ0v) is 9.19. The molecule has 0 fully saturated rings. The summed E-state index contributed by atoms with van der Waals surface area (Å²) in [6.07, 6.45) is 0.920. The van der Waals surface area contributed by atoms with Gasteiger partial charge in [0.2, 0.25) is 0 Å². The zero-order chi connectivity index (χ0) is 10.2. The first-order valence-electron chi connectivity index (χ1n) is 4.76. The summed E-state index contributed by atoms with van der Waals surface area (Å²) in [5.74, 6) is 0.854. The van der Waals surface area contributed by atoms with E-state index in [0.717, 1.165) is 18.7 Å². The third kappa shape index (κ3) is 1.60. The highest BCUT2D eigenvalue weighted by Gasteiger charge is 2.35. The van der Waals surface area contributed by atoms with Gasteiger partial charge in [0.25, 0.3) is 0 Å². The normalized spacial score (nSPS) is 24.5. The molecule has 1 aromatic rings. The molecule has 14 heavy (non-hydrogen) atoms. The Morgan fingerprint density at radius 2 is 2.36 bits per heavy atom. The van der Waals surface area contributed by atoms with Crippen molar-refractivity contribution in [3.05, 3.63) is 28.8 Å². The summed E-state index contributed by atoms with van der Waals surface area (Å²) in [6, 6.07) is 5.91. The molecule has 1 atom stereocenters. The van der Waals surface area contributed by atoms with Crippen LogP contribution in [-0.2, 0) is 6.42 Å². The molecule has 0 amide bonds. The third-order valence-corrected chi connectivity index (χ3v) is 2.81. The van der Waals surface area contributed by atoms with Crippen molar-refractivity contribution in [2.75, 3.05) is 13.6 Å². The predicted molar refractivity (Wildman–Crippen MR) is 58.1 cm³/mol. The number of hydrogen-bond donors (Lipinski definition) is 1. The second-order valence-electron chi connectivity index (χ2n) is 3.99. The van der Waals surface area contributed by atoms with Crippen molar-refractivity contribution in [2.45, 2.75) is 18.9 Å². The molecule has 0 saturated carbocycles. The van der Waals surface area contributed by atoms with Crippen LogP contribution in [0.2, 0.25) is 5.02 Å². The lowest BCUT2D eigenvalue weighted by atomic mass is 9.99. The summed E-state index contributed by atoms with van der Waals surface area (Å²) in [6.45, 7) is 2.93. The van der Waals surface area contributed by atoms with Crippen LogP contribution in [0.15, 0.2) is 18.2 Å². The van der Waals surface area contributed by atoms with Crippen molar-refractivity contribution in [2.24, 2.45) is 0 Å². The minimum absolute atomic E-state index is 0.151. The van der Waals surface area contributed by atoms with Gasteiger partial charge in [-0.1, -0.05) is 23.7 Å². The molecule has 0 radical (unpaired) electrons. The van der Waals surface area contributed by atoms with Crippen LogP contribution in [0.1, 0.15) is 12.5 Å². The molecular weight excluding hydrogens is 198 g/mol.